The molecule has 148 valence electrons. The highest BCUT2D eigenvalue weighted by Crippen LogP contribution is 2.40. The number of hydrogen-bond donors (Lipinski definition) is 0. The molecule has 8 nitrogen and oxygen atoms in total. The van der Waals surface area contributed by atoms with Gasteiger partial charge in [0.1, 0.15) is 18.8 Å². The first kappa shape index (κ1) is 17.7. The highest BCUT2D eigenvalue weighted by atomic mass is 19.1. The molecule has 3 heterocycles. The molecular formula is C20H20FN7O. The van der Waals surface area contributed by atoms with Crippen LogP contribution in [0.2, 0.25) is 0 Å². The predicted molar refractivity (Wildman–Crippen MR) is 103 cm³/mol. The summed E-state index contributed by atoms with van der Waals surface area (Å²) in [7, 11) is 0. The number of hydrogen-bond acceptors (Lipinski definition) is 6. The summed E-state index contributed by atoms with van der Waals surface area (Å²) in [6.45, 7) is 2.97. The van der Waals surface area contributed by atoms with E-state index in [1.165, 1.54) is 18.8 Å². The lowest BCUT2D eigenvalue weighted by molar-refractivity contribution is 0.262. The van der Waals surface area contributed by atoms with E-state index in [4.69, 9.17) is 4.74 Å². The fourth-order valence-electron chi connectivity index (χ4n) is 3.56. The summed E-state index contributed by atoms with van der Waals surface area (Å²) < 4.78 is 23.7. The van der Waals surface area contributed by atoms with Crippen molar-refractivity contribution in [3.8, 4) is 17.3 Å². The average molecular weight is 393 g/mol. The minimum absolute atomic E-state index is 0.253. The number of nitrogens with zero attached hydrogens (tertiary/aromatic N) is 7. The third-order valence-electron chi connectivity index (χ3n) is 5.38. The second-order valence-electron chi connectivity index (χ2n) is 7.09. The average Bonchev–Trinajstić information content (AvgIpc) is 3.31. The lowest BCUT2D eigenvalue weighted by atomic mass is 9.80. The van der Waals surface area contributed by atoms with Crippen LogP contribution >= 0.6 is 0 Å². The Balaban J connectivity index is 1.56. The van der Waals surface area contributed by atoms with Crippen LogP contribution in [0.5, 0.6) is 5.88 Å². The Morgan fingerprint density at radius 2 is 2.07 bits per heavy atom. The number of fused-ring (bicyclic) bond motifs is 1. The lowest BCUT2D eigenvalue weighted by Crippen LogP contribution is -2.15. The largest absolute Gasteiger partial charge is 0.468 e. The van der Waals surface area contributed by atoms with Gasteiger partial charge in [-0.15, -0.1) is 15.3 Å². The van der Waals surface area contributed by atoms with E-state index in [2.05, 4.69) is 25.4 Å². The molecule has 0 radical (unpaired) electrons. The monoisotopic (exact) mass is 393 g/mol. The number of aryl methyl sites for hydroxylation is 1. The smallest absolute Gasteiger partial charge is 0.235 e. The van der Waals surface area contributed by atoms with E-state index in [0.29, 0.717) is 35.4 Å². The highest BCUT2D eigenvalue weighted by Gasteiger charge is 2.26. The molecule has 0 bridgehead atoms. The van der Waals surface area contributed by atoms with Crippen molar-refractivity contribution in [3.63, 3.8) is 0 Å². The standard InChI is InChI=1S/C20H20FN7O/c1-2-27-18(22-12-23-27)11-29-20-15(13-6-5-7-13)10-17-24-25-19(28(17)26-20)14-8-3-4-9-16(14)21/h3-4,8-10,12-13H,2,5-7,11H2,1H3. The Kier molecular flexibility index (Phi) is 4.42. The van der Waals surface area contributed by atoms with E-state index in [9.17, 15) is 4.39 Å². The third kappa shape index (κ3) is 3.12. The SMILES string of the molecule is CCn1ncnc1COc1nn2c(-c3ccccc3F)nnc2cc1C1CCC1. The van der Waals surface area contributed by atoms with Crippen molar-refractivity contribution in [2.45, 2.75) is 45.3 Å². The summed E-state index contributed by atoms with van der Waals surface area (Å²) in [4.78, 5) is 4.26. The van der Waals surface area contributed by atoms with E-state index in [1.54, 1.807) is 27.4 Å². The second-order valence-corrected chi connectivity index (χ2v) is 7.09. The quantitative estimate of drug-likeness (QED) is 0.499. The summed E-state index contributed by atoms with van der Waals surface area (Å²) in [6, 6.07) is 8.42. The molecule has 0 atom stereocenters. The van der Waals surface area contributed by atoms with Crippen LogP contribution in [0, 0.1) is 5.82 Å². The Morgan fingerprint density at radius 1 is 1.21 bits per heavy atom. The predicted octanol–water partition coefficient (Wildman–Crippen LogP) is 3.39. The zero-order valence-electron chi connectivity index (χ0n) is 16.0. The number of aromatic nitrogens is 7. The van der Waals surface area contributed by atoms with Crippen molar-refractivity contribution in [2.75, 3.05) is 0 Å². The lowest BCUT2D eigenvalue weighted by Gasteiger charge is -2.26. The Bertz CT molecular complexity index is 1160. The normalized spacial score (nSPS) is 14.3. The zero-order chi connectivity index (χ0) is 19.8. The van der Waals surface area contributed by atoms with Crippen molar-refractivity contribution >= 4 is 5.65 Å². The van der Waals surface area contributed by atoms with Crippen LogP contribution in [0.25, 0.3) is 17.0 Å². The van der Waals surface area contributed by atoms with Crippen LogP contribution in [-0.4, -0.2) is 34.6 Å². The van der Waals surface area contributed by atoms with E-state index in [0.717, 1.165) is 24.2 Å². The van der Waals surface area contributed by atoms with Crippen molar-refractivity contribution in [3.05, 3.63) is 53.9 Å². The fourth-order valence-corrected chi connectivity index (χ4v) is 3.56. The summed E-state index contributed by atoms with van der Waals surface area (Å²) >= 11 is 0. The van der Waals surface area contributed by atoms with Gasteiger partial charge >= 0.3 is 0 Å². The van der Waals surface area contributed by atoms with Gasteiger partial charge in [-0.25, -0.2) is 14.1 Å². The van der Waals surface area contributed by atoms with Crippen LogP contribution in [0.15, 0.2) is 36.7 Å². The zero-order valence-corrected chi connectivity index (χ0v) is 16.0. The van der Waals surface area contributed by atoms with Crippen molar-refractivity contribution in [1.82, 2.24) is 34.6 Å². The maximum absolute atomic E-state index is 14.3. The van der Waals surface area contributed by atoms with Crippen LogP contribution in [0.3, 0.4) is 0 Å². The summed E-state index contributed by atoms with van der Waals surface area (Å²) in [5.74, 6) is 1.60. The summed E-state index contributed by atoms with van der Waals surface area (Å²) in [6.07, 6.45) is 4.88. The van der Waals surface area contributed by atoms with E-state index in [1.807, 2.05) is 13.0 Å². The first-order chi connectivity index (χ1) is 14.2. The van der Waals surface area contributed by atoms with Crippen LogP contribution in [-0.2, 0) is 13.2 Å². The molecule has 1 saturated carbocycles. The van der Waals surface area contributed by atoms with Gasteiger partial charge in [-0.05, 0) is 43.9 Å². The molecule has 1 aliphatic rings. The molecule has 5 rings (SSSR count). The Hall–Kier alpha value is -3.36. The molecule has 0 saturated heterocycles. The molecule has 1 fully saturated rings. The number of ether oxygens (including phenoxy) is 1. The summed E-state index contributed by atoms with van der Waals surface area (Å²) in [5.41, 5.74) is 1.94. The van der Waals surface area contributed by atoms with Crippen LogP contribution < -0.4 is 4.74 Å². The van der Waals surface area contributed by atoms with Gasteiger partial charge in [-0.3, -0.25) is 0 Å². The van der Waals surface area contributed by atoms with Gasteiger partial charge in [0.2, 0.25) is 5.88 Å². The maximum Gasteiger partial charge on any atom is 0.235 e. The van der Waals surface area contributed by atoms with E-state index >= 15 is 0 Å². The summed E-state index contributed by atoms with van der Waals surface area (Å²) in [5, 5.41) is 17.2. The minimum atomic E-state index is -0.370. The van der Waals surface area contributed by atoms with Crippen molar-refractivity contribution < 1.29 is 9.13 Å². The van der Waals surface area contributed by atoms with Crippen molar-refractivity contribution in [2.24, 2.45) is 0 Å². The number of benzene rings is 1. The third-order valence-corrected chi connectivity index (χ3v) is 5.38. The minimum Gasteiger partial charge on any atom is -0.468 e. The van der Waals surface area contributed by atoms with Crippen LogP contribution in [0.4, 0.5) is 4.39 Å². The molecule has 4 aromatic rings. The van der Waals surface area contributed by atoms with Gasteiger partial charge in [0, 0.05) is 12.1 Å². The molecule has 0 unspecified atom stereocenters. The second kappa shape index (κ2) is 7.23. The highest BCUT2D eigenvalue weighted by molar-refractivity contribution is 5.60. The molecule has 29 heavy (non-hydrogen) atoms. The van der Waals surface area contributed by atoms with Gasteiger partial charge in [-0.1, -0.05) is 18.6 Å². The van der Waals surface area contributed by atoms with Gasteiger partial charge in [-0.2, -0.15) is 9.61 Å². The van der Waals surface area contributed by atoms with Crippen LogP contribution in [0.1, 0.15) is 43.5 Å². The molecule has 9 heteroatoms. The first-order valence-corrected chi connectivity index (χ1v) is 9.75. The fraction of sp³-hybridized carbons (Fsp3) is 0.350. The molecule has 0 spiro atoms. The van der Waals surface area contributed by atoms with Crippen molar-refractivity contribution in [1.29, 1.82) is 0 Å². The number of rotatable bonds is 6. The molecule has 1 aliphatic carbocycles. The maximum atomic E-state index is 14.3. The molecule has 0 N–H and O–H groups in total. The Labute approximate surface area is 166 Å². The van der Waals surface area contributed by atoms with Gasteiger partial charge in [0.15, 0.2) is 17.3 Å². The van der Waals surface area contributed by atoms with E-state index < -0.39 is 0 Å². The first-order valence-electron chi connectivity index (χ1n) is 9.75. The molecule has 3 aromatic heterocycles. The molecule has 1 aromatic carbocycles. The van der Waals surface area contributed by atoms with E-state index in [-0.39, 0.29) is 12.4 Å². The molecule has 0 amide bonds. The number of halogens is 1. The topological polar surface area (TPSA) is 83.0 Å². The van der Waals surface area contributed by atoms with Gasteiger partial charge in [0.05, 0.1) is 5.56 Å². The molecular weight excluding hydrogens is 373 g/mol. The Morgan fingerprint density at radius 3 is 2.83 bits per heavy atom. The van der Waals surface area contributed by atoms with Gasteiger partial charge < -0.3 is 4.74 Å². The van der Waals surface area contributed by atoms with Gasteiger partial charge in [0.25, 0.3) is 0 Å². The molecule has 0 aliphatic heterocycles.